The second-order valence-electron chi connectivity index (χ2n) is 5.18. The molecule has 1 aliphatic rings. The van der Waals surface area contributed by atoms with Crippen LogP contribution >= 0.6 is 11.3 Å². The maximum atomic E-state index is 4.57. The molecular weight excluding hydrogens is 230 g/mol. The SMILES string of the molecule is CCc1csc(NCC2(N(C)C)CCCC2)n1. The van der Waals surface area contributed by atoms with Gasteiger partial charge in [0.25, 0.3) is 0 Å². The lowest BCUT2D eigenvalue weighted by Crippen LogP contribution is -2.47. The van der Waals surface area contributed by atoms with Crippen molar-refractivity contribution in [1.82, 2.24) is 9.88 Å². The van der Waals surface area contributed by atoms with E-state index in [4.69, 9.17) is 0 Å². The molecule has 0 aliphatic heterocycles. The van der Waals surface area contributed by atoms with E-state index in [-0.39, 0.29) is 0 Å². The molecule has 0 saturated heterocycles. The average molecular weight is 253 g/mol. The average Bonchev–Trinajstić information content (AvgIpc) is 2.96. The highest BCUT2D eigenvalue weighted by Gasteiger charge is 2.35. The zero-order valence-corrected chi connectivity index (χ0v) is 11.9. The van der Waals surface area contributed by atoms with Crippen LogP contribution in [0.5, 0.6) is 0 Å². The Morgan fingerprint density at radius 3 is 2.65 bits per heavy atom. The number of rotatable bonds is 5. The molecule has 0 radical (unpaired) electrons. The lowest BCUT2D eigenvalue weighted by molar-refractivity contribution is 0.172. The van der Waals surface area contributed by atoms with Crippen molar-refractivity contribution in [3.8, 4) is 0 Å². The summed E-state index contributed by atoms with van der Waals surface area (Å²) in [6.45, 7) is 3.17. The van der Waals surface area contributed by atoms with Gasteiger partial charge >= 0.3 is 0 Å². The highest BCUT2D eigenvalue weighted by molar-refractivity contribution is 7.13. The number of hydrogen-bond acceptors (Lipinski definition) is 4. The van der Waals surface area contributed by atoms with Crippen LogP contribution in [0.1, 0.15) is 38.3 Å². The third-order valence-corrected chi connectivity index (χ3v) is 4.81. The smallest absolute Gasteiger partial charge is 0.182 e. The summed E-state index contributed by atoms with van der Waals surface area (Å²) >= 11 is 1.73. The second kappa shape index (κ2) is 5.36. The number of aryl methyl sites for hydroxylation is 1. The molecule has 1 aromatic rings. The van der Waals surface area contributed by atoms with E-state index in [0.717, 1.165) is 18.1 Å². The summed E-state index contributed by atoms with van der Waals surface area (Å²) in [5.74, 6) is 0. The predicted octanol–water partition coefficient (Wildman–Crippen LogP) is 2.99. The van der Waals surface area contributed by atoms with Crippen LogP contribution in [0.3, 0.4) is 0 Å². The number of aromatic nitrogens is 1. The van der Waals surface area contributed by atoms with Gasteiger partial charge in [0.15, 0.2) is 5.13 Å². The molecule has 0 atom stereocenters. The molecule has 1 N–H and O–H groups in total. The van der Waals surface area contributed by atoms with Crippen molar-refractivity contribution in [1.29, 1.82) is 0 Å². The van der Waals surface area contributed by atoms with Gasteiger partial charge < -0.3 is 10.2 Å². The van der Waals surface area contributed by atoms with Crippen molar-refractivity contribution in [3.63, 3.8) is 0 Å². The summed E-state index contributed by atoms with van der Waals surface area (Å²) < 4.78 is 0. The molecule has 96 valence electrons. The molecule has 0 spiro atoms. The summed E-state index contributed by atoms with van der Waals surface area (Å²) in [7, 11) is 4.40. The molecule has 2 rings (SSSR count). The van der Waals surface area contributed by atoms with E-state index in [1.807, 2.05) is 0 Å². The summed E-state index contributed by atoms with van der Waals surface area (Å²) in [4.78, 5) is 6.96. The fraction of sp³-hybridized carbons (Fsp3) is 0.769. The van der Waals surface area contributed by atoms with E-state index in [9.17, 15) is 0 Å². The molecule has 0 bridgehead atoms. The van der Waals surface area contributed by atoms with E-state index in [2.05, 4.69) is 41.6 Å². The molecule has 3 nitrogen and oxygen atoms in total. The fourth-order valence-electron chi connectivity index (χ4n) is 2.61. The van der Waals surface area contributed by atoms with E-state index in [0.29, 0.717) is 5.54 Å². The minimum Gasteiger partial charge on any atom is -0.360 e. The maximum absolute atomic E-state index is 4.57. The van der Waals surface area contributed by atoms with Crippen molar-refractivity contribution in [2.45, 2.75) is 44.6 Å². The summed E-state index contributed by atoms with van der Waals surface area (Å²) in [6, 6.07) is 0. The quantitative estimate of drug-likeness (QED) is 0.874. The highest BCUT2D eigenvalue weighted by atomic mass is 32.1. The molecular formula is C13H23N3S. The molecule has 17 heavy (non-hydrogen) atoms. The fourth-order valence-corrected chi connectivity index (χ4v) is 3.40. The Morgan fingerprint density at radius 1 is 1.41 bits per heavy atom. The van der Waals surface area contributed by atoms with Crippen molar-refractivity contribution in [3.05, 3.63) is 11.1 Å². The van der Waals surface area contributed by atoms with Gasteiger partial charge in [0.05, 0.1) is 5.69 Å². The number of hydrogen-bond donors (Lipinski definition) is 1. The number of nitrogens with zero attached hydrogens (tertiary/aromatic N) is 2. The minimum absolute atomic E-state index is 0.345. The van der Waals surface area contributed by atoms with Gasteiger partial charge in [-0.15, -0.1) is 11.3 Å². The molecule has 1 heterocycles. The van der Waals surface area contributed by atoms with Crippen molar-refractivity contribution in [2.24, 2.45) is 0 Å². The number of likely N-dealkylation sites (N-methyl/N-ethyl adjacent to an activating group) is 1. The first kappa shape index (κ1) is 12.8. The summed E-state index contributed by atoms with van der Waals surface area (Å²) in [5.41, 5.74) is 1.54. The van der Waals surface area contributed by atoms with E-state index in [1.54, 1.807) is 11.3 Å². The Labute approximate surface area is 108 Å². The van der Waals surface area contributed by atoms with Crippen LogP contribution in [0.15, 0.2) is 5.38 Å². The zero-order chi connectivity index (χ0) is 12.3. The molecule has 1 saturated carbocycles. The Morgan fingerprint density at radius 2 is 2.12 bits per heavy atom. The third-order valence-electron chi connectivity index (χ3n) is 3.97. The van der Waals surface area contributed by atoms with E-state index < -0.39 is 0 Å². The summed E-state index contributed by atoms with van der Waals surface area (Å²) in [6.07, 6.45) is 6.35. The first-order valence-corrected chi connectivity index (χ1v) is 7.40. The van der Waals surface area contributed by atoms with Gasteiger partial charge in [-0.2, -0.15) is 0 Å². The monoisotopic (exact) mass is 253 g/mol. The Kier molecular flexibility index (Phi) is 4.05. The van der Waals surface area contributed by atoms with Crippen LogP contribution in [0.4, 0.5) is 5.13 Å². The van der Waals surface area contributed by atoms with Crippen LogP contribution in [0.25, 0.3) is 0 Å². The molecule has 0 unspecified atom stereocenters. The largest absolute Gasteiger partial charge is 0.360 e. The number of anilines is 1. The first-order chi connectivity index (χ1) is 8.16. The van der Waals surface area contributed by atoms with Gasteiger partial charge in [-0.25, -0.2) is 4.98 Å². The third kappa shape index (κ3) is 2.80. The van der Waals surface area contributed by atoms with Gasteiger partial charge in [-0.1, -0.05) is 19.8 Å². The summed E-state index contributed by atoms with van der Waals surface area (Å²) in [5, 5.41) is 6.76. The molecule has 0 amide bonds. The van der Waals surface area contributed by atoms with Gasteiger partial charge in [-0.3, -0.25) is 0 Å². The van der Waals surface area contributed by atoms with Crippen molar-refractivity contribution in [2.75, 3.05) is 26.0 Å². The molecule has 1 aromatic heterocycles. The van der Waals surface area contributed by atoms with Gasteiger partial charge in [0.1, 0.15) is 0 Å². The Hall–Kier alpha value is -0.610. The number of nitrogens with one attached hydrogen (secondary N) is 1. The maximum Gasteiger partial charge on any atom is 0.182 e. The van der Waals surface area contributed by atoms with Crippen molar-refractivity contribution < 1.29 is 0 Å². The normalized spacial score (nSPS) is 18.8. The van der Waals surface area contributed by atoms with Crippen LogP contribution in [-0.4, -0.2) is 36.1 Å². The first-order valence-electron chi connectivity index (χ1n) is 6.52. The predicted molar refractivity (Wildman–Crippen MR) is 74.9 cm³/mol. The van der Waals surface area contributed by atoms with Crippen LogP contribution < -0.4 is 5.32 Å². The van der Waals surface area contributed by atoms with Crippen molar-refractivity contribution >= 4 is 16.5 Å². The molecule has 4 heteroatoms. The lowest BCUT2D eigenvalue weighted by atomic mass is 9.96. The van der Waals surface area contributed by atoms with Crippen LogP contribution in [-0.2, 0) is 6.42 Å². The molecule has 1 aliphatic carbocycles. The topological polar surface area (TPSA) is 28.2 Å². The van der Waals surface area contributed by atoms with Gasteiger partial charge in [0, 0.05) is 17.5 Å². The molecule has 1 fully saturated rings. The zero-order valence-electron chi connectivity index (χ0n) is 11.1. The lowest BCUT2D eigenvalue weighted by Gasteiger charge is -2.36. The molecule has 0 aromatic carbocycles. The van der Waals surface area contributed by atoms with Gasteiger partial charge in [0.2, 0.25) is 0 Å². The Balaban J connectivity index is 1.95. The minimum atomic E-state index is 0.345. The van der Waals surface area contributed by atoms with E-state index >= 15 is 0 Å². The number of thiazole rings is 1. The Bertz CT molecular complexity index is 353. The van der Waals surface area contributed by atoms with Crippen LogP contribution in [0, 0.1) is 0 Å². The van der Waals surface area contributed by atoms with E-state index in [1.165, 1.54) is 31.4 Å². The standard InChI is InChI=1S/C13H23N3S/c1-4-11-9-17-12(15-11)14-10-13(16(2)3)7-5-6-8-13/h9H,4-8,10H2,1-3H3,(H,14,15). The second-order valence-corrected chi connectivity index (χ2v) is 6.04. The van der Waals surface area contributed by atoms with Crippen LogP contribution in [0.2, 0.25) is 0 Å². The highest BCUT2D eigenvalue weighted by Crippen LogP contribution is 2.34. The van der Waals surface area contributed by atoms with Gasteiger partial charge in [-0.05, 0) is 33.4 Å².